The number of carbonyl (C=O) groups excluding carboxylic acids is 3. The lowest BCUT2D eigenvalue weighted by molar-refractivity contribution is -0.870. The van der Waals surface area contributed by atoms with Crippen molar-refractivity contribution in [1.29, 1.82) is 0 Å². The molecule has 0 aromatic carbocycles. The summed E-state index contributed by atoms with van der Waals surface area (Å²) in [6, 6.07) is 0. The molecule has 9 heteroatoms. The Kier molecular flexibility index (Phi) is 52.7. The van der Waals surface area contributed by atoms with Crippen LogP contribution in [0.4, 0.5) is 0 Å². The summed E-state index contributed by atoms with van der Waals surface area (Å²) in [4.78, 5) is 37.3. The standard InChI is InChI=1S/C66H109NO8/c1-6-8-10-12-14-16-18-20-22-24-26-28-30-31-32-33-35-37-39-41-43-45-47-49-51-53-55-57-64(69)75-62(61-74-66(65(70)71)72-59-58-67(3,4)5)60-73-63(68)56-54-52-50-48-46-44-42-40-38-36-34-29-27-25-23-21-19-17-15-13-11-9-7-2/h8,10,14,16,19-22,25-28,31-32,35,37,41,43,47,49,62,66H,6-7,9,11-13,15,17-18,23-24,29-30,33-34,36,38-40,42,44-46,48,50-61H2,1-5H3/b10-8-,16-14-,21-19-,22-20-,27-25-,28-26-,32-31-,37-35-,43-41-,49-47-. The molecular weight excluding hydrogens is 935 g/mol. The number of unbranched alkanes of at least 4 members (excludes halogenated alkanes) is 18. The molecule has 0 saturated carbocycles. The minimum atomic E-state index is -1.64. The Morgan fingerprint density at radius 2 is 0.760 bits per heavy atom. The number of likely N-dealkylation sites (N-methyl/N-ethyl adjacent to an activating group) is 1. The van der Waals surface area contributed by atoms with Crippen molar-refractivity contribution in [2.45, 2.75) is 232 Å². The first-order valence-electron chi connectivity index (χ1n) is 29.7. The van der Waals surface area contributed by atoms with Crippen LogP contribution in [0.2, 0.25) is 0 Å². The number of hydrogen-bond acceptors (Lipinski definition) is 8. The molecule has 9 nitrogen and oxygen atoms in total. The van der Waals surface area contributed by atoms with Crippen molar-refractivity contribution in [1.82, 2.24) is 0 Å². The topological polar surface area (TPSA) is 111 Å². The normalized spacial score (nSPS) is 13.7. The summed E-state index contributed by atoms with van der Waals surface area (Å²) in [6.45, 7) is 4.56. The van der Waals surface area contributed by atoms with E-state index in [2.05, 4.69) is 135 Å². The quantitative estimate of drug-likeness (QED) is 0.0195. The van der Waals surface area contributed by atoms with Crippen molar-refractivity contribution < 1.29 is 42.9 Å². The third-order valence-electron chi connectivity index (χ3n) is 12.2. The van der Waals surface area contributed by atoms with Gasteiger partial charge in [-0.1, -0.05) is 219 Å². The SMILES string of the molecule is CC/C=C\C/C=C\C/C=C\C/C=C\C/C=C\C/C=C\C/C=C\C/C=C\CCCCC(=O)OC(COC(=O)CCCCCCCCCCCCC/C=C\C/C=C\CCCCCCC)COC(OCC[N+](C)(C)C)C(=O)[O-]. The molecule has 0 radical (unpaired) electrons. The zero-order valence-corrected chi connectivity index (χ0v) is 48.4. The van der Waals surface area contributed by atoms with E-state index in [9.17, 15) is 19.5 Å². The second kappa shape index (κ2) is 55.9. The van der Waals surface area contributed by atoms with E-state index in [4.69, 9.17) is 18.9 Å². The molecule has 2 atom stereocenters. The average Bonchev–Trinajstić information content (AvgIpc) is 3.38. The molecule has 0 spiro atoms. The zero-order valence-electron chi connectivity index (χ0n) is 48.4. The van der Waals surface area contributed by atoms with Crippen LogP contribution in [-0.4, -0.2) is 82.3 Å². The number of allylic oxidation sites excluding steroid dienone is 20. The van der Waals surface area contributed by atoms with Crippen molar-refractivity contribution in [2.75, 3.05) is 47.5 Å². The van der Waals surface area contributed by atoms with E-state index < -0.39 is 24.3 Å². The summed E-state index contributed by atoms with van der Waals surface area (Å²) in [5.74, 6) is -2.36. The molecule has 0 aliphatic heterocycles. The van der Waals surface area contributed by atoms with E-state index in [0.29, 0.717) is 17.4 Å². The maximum absolute atomic E-state index is 12.9. The van der Waals surface area contributed by atoms with Crippen LogP contribution in [0, 0.1) is 0 Å². The molecule has 0 aliphatic carbocycles. The molecule has 426 valence electrons. The van der Waals surface area contributed by atoms with E-state index >= 15 is 0 Å². The van der Waals surface area contributed by atoms with E-state index in [1.807, 2.05) is 21.1 Å². The van der Waals surface area contributed by atoms with Crippen molar-refractivity contribution in [3.05, 3.63) is 122 Å². The van der Waals surface area contributed by atoms with Gasteiger partial charge in [0, 0.05) is 12.8 Å². The zero-order chi connectivity index (χ0) is 54.8. The van der Waals surface area contributed by atoms with Crippen LogP contribution in [0.5, 0.6) is 0 Å². The molecule has 0 aromatic heterocycles. The molecule has 0 rings (SSSR count). The van der Waals surface area contributed by atoms with Gasteiger partial charge in [0.1, 0.15) is 13.2 Å². The Balaban J connectivity index is 4.37. The van der Waals surface area contributed by atoms with Gasteiger partial charge in [0.2, 0.25) is 0 Å². The first kappa shape index (κ1) is 70.7. The number of ether oxygens (including phenoxy) is 4. The van der Waals surface area contributed by atoms with Gasteiger partial charge in [-0.05, 0) is 109 Å². The molecule has 0 heterocycles. The molecule has 0 aromatic rings. The smallest absolute Gasteiger partial charge is 0.306 e. The van der Waals surface area contributed by atoms with Crippen LogP contribution in [0.1, 0.15) is 219 Å². The fraction of sp³-hybridized carbons (Fsp3) is 0.652. The van der Waals surface area contributed by atoms with Crippen molar-refractivity contribution >= 4 is 17.9 Å². The lowest BCUT2D eigenvalue weighted by Crippen LogP contribution is -2.44. The average molecular weight is 1040 g/mol. The molecule has 75 heavy (non-hydrogen) atoms. The number of quaternary nitrogens is 1. The van der Waals surface area contributed by atoms with E-state index in [1.54, 1.807) is 0 Å². The van der Waals surface area contributed by atoms with Gasteiger partial charge < -0.3 is 33.3 Å². The molecule has 0 amide bonds. The van der Waals surface area contributed by atoms with E-state index in [-0.39, 0.29) is 38.6 Å². The summed E-state index contributed by atoms with van der Waals surface area (Å²) in [7, 11) is 5.90. The van der Waals surface area contributed by atoms with Gasteiger partial charge >= 0.3 is 11.9 Å². The second-order valence-electron chi connectivity index (χ2n) is 20.5. The van der Waals surface area contributed by atoms with Gasteiger partial charge in [-0.3, -0.25) is 9.59 Å². The fourth-order valence-electron chi connectivity index (χ4n) is 7.64. The number of esters is 2. The maximum Gasteiger partial charge on any atom is 0.306 e. The number of nitrogens with zero attached hydrogens (tertiary/aromatic N) is 1. The first-order chi connectivity index (χ1) is 36.6. The second-order valence-corrected chi connectivity index (χ2v) is 20.5. The molecule has 0 bridgehead atoms. The van der Waals surface area contributed by atoms with E-state index in [1.165, 1.54) is 96.3 Å². The largest absolute Gasteiger partial charge is 0.545 e. The van der Waals surface area contributed by atoms with Crippen LogP contribution in [-0.2, 0) is 33.3 Å². The highest BCUT2D eigenvalue weighted by molar-refractivity contribution is 5.70. The minimum absolute atomic E-state index is 0.132. The number of carboxylic acid groups (broad SMARTS) is 1. The van der Waals surface area contributed by atoms with Gasteiger partial charge in [0.05, 0.1) is 40.3 Å². The van der Waals surface area contributed by atoms with Crippen molar-refractivity contribution in [3.63, 3.8) is 0 Å². The predicted octanol–water partition coefficient (Wildman–Crippen LogP) is 16.3. The van der Waals surface area contributed by atoms with Gasteiger partial charge in [-0.2, -0.15) is 0 Å². The molecule has 0 N–H and O–H groups in total. The number of carbonyl (C=O) groups is 3. The number of rotatable bonds is 53. The van der Waals surface area contributed by atoms with Gasteiger partial charge in [-0.15, -0.1) is 0 Å². The van der Waals surface area contributed by atoms with Gasteiger partial charge in [-0.25, -0.2) is 0 Å². The molecule has 0 fully saturated rings. The summed E-state index contributed by atoms with van der Waals surface area (Å²) in [6.07, 6.45) is 75.3. The lowest BCUT2D eigenvalue weighted by atomic mass is 10.0. The van der Waals surface area contributed by atoms with Crippen LogP contribution >= 0.6 is 0 Å². The highest BCUT2D eigenvalue weighted by Gasteiger charge is 2.22. The highest BCUT2D eigenvalue weighted by Crippen LogP contribution is 2.14. The number of hydrogen-bond donors (Lipinski definition) is 0. The monoisotopic (exact) mass is 1040 g/mol. The van der Waals surface area contributed by atoms with Crippen molar-refractivity contribution in [3.8, 4) is 0 Å². The summed E-state index contributed by atoms with van der Waals surface area (Å²) in [5.41, 5.74) is 0. The molecule has 2 unspecified atom stereocenters. The Hall–Kier alpha value is -4.31. The fourth-order valence-corrected chi connectivity index (χ4v) is 7.64. The van der Waals surface area contributed by atoms with Gasteiger partial charge in [0.25, 0.3) is 0 Å². The Labute approximate surface area is 459 Å². The maximum atomic E-state index is 12.9. The predicted molar refractivity (Wildman–Crippen MR) is 315 cm³/mol. The number of aliphatic carboxylic acids is 1. The Morgan fingerprint density at radius 3 is 1.16 bits per heavy atom. The van der Waals surface area contributed by atoms with Crippen LogP contribution in [0.3, 0.4) is 0 Å². The summed E-state index contributed by atoms with van der Waals surface area (Å²) in [5, 5.41) is 11.8. The molecule has 0 saturated heterocycles. The minimum Gasteiger partial charge on any atom is -0.545 e. The van der Waals surface area contributed by atoms with Crippen molar-refractivity contribution in [2.24, 2.45) is 0 Å². The summed E-state index contributed by atoms with van der Waals surface area (Å²) >= 11 is 0. The van der Waals surface area contributed by atoms with Crippen LogP contribution in [0.15, 0.2) is 122 Å². The van der Waals surface area contributed by atoms with Crippen LogP contribution < -0.4 is 5.11 Å². The third-order valence-corrected chi connectivity index (χ3v) is 12.2. The van der Waals surface area contributed by atoms with Gasteiger partial charge in [0.15, 0.2) is 12.4 Å². The lowest BCUT2D eigenvalue weighted by Gasteiger charge is -2.26. The summed E-state index contributed by atoms with van der Waals surface area (Å²) < 4.78 is 22.6. The number of carboxylic acids is 1. The Bertz CT molecular complexity index is 1640. The Morgan fingerprint density at radius 1 is 0.413 bits per heavy atom. The highest BCUT2D eigenvalue weighted by atomic mass is 16.7. The molecular formula is C66H109NO8. The molecule has 0 aliphatic rings. The van der Waals surface area contributed by atoms with Crippen LogP contribution in [0.25, 0.3) is 0 Å². The van der Waals surface area contributed by atoms with E-state index in [0.717, 1.165) is 89.9 Å². The first-order valence-corrected chi connectivity index (χ1v) is 29.7. The third kappa shape index (κ3) is 57.2.